The Bertz CT molecular complexity index is 2000. The van der Waals surface area contributed by atoms with E-state index in [4.69, 9.17) is 25.3 Å². The van der Waals surface area contributed by atoms with Gasteiger partial charge in [0.2, 0.25) is 0 Å². The number of Topliss-reactive ketones (excluding diaryl/α,β-unsaturated/α-hetero) is 1. The number of aromatic amines is 1. The number of H-pyrrole nitrogens is 1. The molecule has 1 aliphatic heterocycles. The first-order valence-electron chi connectivity index (χ1n) is 17.0. The third-order valence-corrected chi connectivity index (χ3v) is 4.69. The number of carbonyl (C=O) groups excluding carboxylic acids is 3. The summed E-state index contributed by atoms with van der Waals surface area (Å²) in [4.78, 5) is 53.7. The Balaban J connectivity index is 1.66. The van der Waals surface area contributed by atoms with Crippen molar-refractivity contribution >= 4 is 28.5 Å². The highest BCUT2D eigenvalue weighted by molar-refractivity contribution is 6.45. The van der Waals surface area contributed by atoms with Crippen LogP contribution in [0.15, 0.2) is 43.1 Å². The molecule has 0 atom stereocenters. The molecule has 1 saturated heterocycles. The summed E-state index contributed by atoms with van der Waals surface area (Å²) in [5, 5.41) is 3.13. The minimum absolute atomic E-state index is 0.382. The van der Waals surface area contributed by atoms with E-state index in [9.17, 15) is 14.4 Å². The van der Waals surface area contributed by atoms with Crippen molar-refractivity contribution in [3.05, 3.63) is 60.2 Å². The lowest BCUT2D eigenvalue weighted by Crippen LogP contribution is -2.52. The first-order chi connectivity index (χ1) is 22.8. The molecule has 0 aliphatic carbocycles. The molecule has 0 unspecified atom stereocenters. The van der Waals surface area contributed by atoms with Crippen LogP contribution in [-0.2, 0) is 4.79 Å². The van der Waals surface area contributed by atoms with Crippen LogP contribution in [0.3, 0.4) is 0 Å². The molecule has 5 rings (SSSR count). The molecule has 12 heteroatoms. The smallest absolute Gasteiger partial charge is 0.295 e. The van der Waals surface area contributed by atoms with Crippen molar-refractivity contribution in [1.29, 1.82) is 0 Å². The molecule has 1 fully saturated rings. The number of aromatic nitrogens is 6. The summed E-state index contributed by atoms with van der Waals surface area (Å²) in [6.45, 7) is -18.5. The maximum absolute atomic E-state index is 13.9. The van der Waals surface area contributed by atoms with Gasteiger partial charge in [-0.15, -0.1) is 0 Å². The van der Waals surface area contributed by atoms with E-state index in [0.717, 1.165) is 18.5 Å². The van der Waals surface area contributed by atoms with E-state index in [0.29, 0.717) is 10.9 Å². The zero-order chi connectivity index (χ0) is 37.6. The Morgan fingerprint density at radius 1 is 1.14 bits per heavy atom. The predicted molar refractivity (Wildman–Crippen MR) is 123 cm³/mol. The molecule has 0 radical (unpaired) electrons. The molecule has 1 aliphatic rings. The van der Waals surface area contributed by atoms with Crippen LogP contribution in [-0.4, -0.2) is 90.1 Å². The number of piperazine rings is 1. The van der Waals surface area contributed by atoms with Crippen LogP contribution in [0, 0.1) is 6.85 Å². The lowest BCUT2D eigenvalue weighted by molar-refractivity contribution is -0.127. The average molecular weight is 490 g/mol. The molecule has 0 spiro atoms. The summed E-state index contributed by atoms with van der Waals surface area (Å²) in [5.74, 6) is -7.57. The highest BCUT2D eigenvalue weighted by Gasteiger charge is 2.31. The lowest BCUT2D eigenvalue weighted by atomic mass is 10.1. The number of ketones is 1. The molecule has 35 heavy (non-hydrogen) atoms. The van der Waals surface area contributed by atoms with Crippen molar-refractivity contribution in [2.45, 2.75) is 6.85 Å². The molecule has 0 aromatic carbocycles. The fraction of sp³-hybridized carbons (Fsp3) is 0.261. The first-order valence-corrected chi connectivity index (χ1v) is 9.55. The Labute approximate surface area is 220 Å². The number of carbonyl (C=O) groups is 3. The van der Waals surface area contributed by atoms with Crippen LogP contribution in [0.1, 0.15) is 47.2 Å². The third kappa shape index (κ3) is 3.98. The summed E-state index contributed by atoms with van der Waals surface area (Å²) in [6, 6.07) is 3.68. The summed E-state index contributed by atoms with van der Waals surface area (Å²) in [6.07, 6.45) is 1.78. The van der Waals surface area contributed by atoms with Crippen molar-refractivity contribution in [3.63, 3.8) is 0 Å². The van der Waals surface area contributed by atoms with Gasteiger partial charge in [-0.25, -0.2) is 14.6 Å². The van der Waals surface area contributed by atoms with Crippen LogP contribution in [0.2, 0.25) is 0 Å². The van der Waals surface area contributed by atoms with Gasteiger partial charge in [-0.3, -0.25) is 19.4 Å². The number of ether oxygens (including phenoxy) is 1. The first kappa shape index (κ1) is 10.8. The third-order valence-electron chi connectivity index (χ3n) is 4.69. The number of amides is 2. The number of pyridine rings is 2. The molecule has 4 aromatic rings. The number of fused-ring (bicyclic) bond motifs is 1. The van der Waals surface area contributed by atoms with Gasteiger partial charge in [0.15, 0.2) is 5.82 Å². The Hall–Kier alpha value is -4.61. The number of aryl methyl sites for hydroxylation is 1. The average Bonchev–Trinajstić information content (AvgIpc) is 3.60. The van der Waals surface area contributed by atoms with Crippen molar-refractivity contribution in [2.75, 3.05) is 33.0 Å². The molecule has 1 N–H and O–H groups in total. The Morgan fingerprint density at radius 3 is 2.69 bits per heavy atom. The van der Waals surface area contributed by atoms with Crippen LogP contribution in [0.5, 0.6) is 5.75 Å². The lowest BCUT2D eigenvalue weighted by Gasteiger charge is -2.34. The fourth-order valence-corrected chi connectivity index (χ4v) is 3.13. The SMILES string of the molecule is [2H]c1nc(C([2H])([2H])[2H])nn1-c1ncc(OC([2H])([2H])[2H])c2c(C(=O)C(=O)N3C([2H])([2H])C([2H])([2H])N(C(=O)c4ccccn4)C([2H])([2H])C3([2H])[2H])c[nH]c12. The maximum Gasteiger partial charge on any atom is 0.295 e. The predicted octanol–water partition coefficient (Wildman–Crippen LogP) is 1.02. The number of nitrogens with zero attached hydrogens (tertiary/aromatic N) is 7. The molecule has 5 heterocycles. The van der Waals surface area contributed by atoms with E-state index in [1.54, 1.807) is 0 Å². The van der Waals surface area contributed by atoms with Gasteiger partial charge in [-0.2, -0.15) is 5.10 Å². The molecule has 2 amide bonds. The number of hydrogen-bond donors (Lipinski definition) is 1. The van der Waals surface area contributed by atoms with Gasteiger partial charge in [-0.05, 0) is 19.0 Å². The van der Waals surface area contributed by atoms with Gasteiger partial charge in [0, 0.05) is 42.5 Å². The number of hydrogen-bond acceptors (Lipinski definition) is 8. The summed E-state index contributed by atoms with van der Waals surface area (Å²) >= 11 is 0. The molecule has 4 aromatic heterocycles. The van der Waals surface area contributed by atoms with Gasteiger partial charge in [0.25, 0.3) is 17.6 Å². The standard InChI is InChI=1S/C23H22N8O4/c1-14-27-13-31(28-14)21-19-18(17(35-2)12-26-21)15(11-25-19)20(32)23(34)30-9-7-29(8-10-30)22(33)16-5-3-4-6-24-16/h3-6,11-13,25H,7-10H2,1-2H3/i1D3,2D3,7D2,8D2,9D2,10D2,13D. The van der Waals surface area contributed by atoms with Crippen molar-refractivity contribution in [1.82, 2.24) is 39.5 Å². The zero-order valence-electron chi connectivity index (χ0n) is 32.2. The number of nitrogens with one attached hydrogen (secondary N) is 1. The quantitative estimate of drug-likeness (QED) is 0.324. The van der Waals surface area contributed by atoms with Gasteiger partial charge in [0.05, 0.1) is 44.8 Å². The second-order valence-corrected chi connectivity index (χ2v) is 6.72. The van der Waals surface area contributed by atoms with Gasteiger partial charge in [0.1, 0.15) is 24.9 Å². The highest BCUT2D eigenvalue weighted by atomic mass is 16.5. The topological polar surface area (TPSA) is 139 Å². The number of methoxy groups -OCH3 is 1. The van der Waals surface area contributed by atoms with E-state index < -0.39 is 108 Å². The summed E-state index contributed by atoms with van der Waals surface area (Å²) in [7, 11) is -3.21. The monoisotopic (exact) mass is 489 g/mol. The largest absolute Gasteiger partial charge is 0.494 e. The second-order valence-electron chi connectivity index (χ2n) is 6.72. The molecular formula is C23H22N8O4. The molecular weight excluding hydrogens is 452 g/mol. The van der Waals surface area contributed by atoms with Crippen LogP contribution in [0.4, 0.5) is 0 Å². The minimum Gasteiger partial charge on any atom is -0.494 e. The normalized spacial score (nSPS) is 26.6. The maximum atomic E-state index is 13.9. The van der Waals surface area contributed by atoms with E-state index in [1.165, 1.54) is 12.1 Å². The molecule has 178 valence electrons. The minimum atomic E-state index is -3.97. The van der Waals surface area contributed by atoms with Crippen LogP contribution in [0.25, 0.3) is 16.7 Å². The van der Waals surface area contributed by atoms with Crippen molar-refractivity contribution in [3.8, 4) is 11.6 Å². The van der Waals surface area contributed by atoms with E-state index in [1.807, 2.05) is 0 Å². The van der Waals surface area contributed by atoms with E-state index >= 15 is 0 Å². The summed E-state index contributed by atoms with van der Waals surface area (Å²) in [5.41, 5.74) is -1.85. The summed E-state index contributed by atoms with van der Waals surface area (Å²) < 4.78 is 127. The molecule has 12 nitrogen and oxygen atoms in total. The van der Waals surface area contributed by atoms with E-state index in [-0.39, 0.29) is 4.90 Å². The van der Waals surface area contributed by atoms with Gasteiger partial charge >= 0.3 is 0 Å². The highest BCUT2D eigenvalue weighted by Crippen LogP contribution is 2.31. The van der Waals surface area contributed by atoms with Crippen molar-refractivity contribution in [2.24, 2.45) is 0 Å². The molecule has 0 bridgehead atoms. The van der Waals surface area contributed by atoms with Crippen LogP contribution >= 0.6 is 0 Å². The van der Waals surface area contributed by atoms with Crippen molar-refractivity contribution < 1.29 is 39.7 Å². The Morgan fingerprint density at radius 2 is 1.97 bits per heavy atom. The number of rotatable bonds is 5. The van der Waals surface area contributed by atoms with Gasteiger partial charge in [-0.1, -0.05) is 6.07 Å². The Kier molecular flexibility index (Phi) is 2.76. The zero-order valence-corrected chi connectivity index (χ0v) is 17.2. The fourth-order valence-electron chi connectivity index (χ4n) is 3.13. The van der Waals surface area contributed by atoms with E-state index in [2.05, 4.69) is 25.0 Å². The molecule has 0 saturated carbocycles. The second kappa shape index (κ2) is 8.97. The van der Waals surface area contributed by atoms with Gasteiger partial charge < -0.3 is 19.5 Å². The van der Waals surface area contributed by atoms with Crippen LogP contribution < -0.4 is 4.74 Å².